The van der Waals surface area contributed by atoms with Crippen LogP contribution in [0.25, 0.3) is 0 Å². The fraction of sp³-hybridized carbons (Fsp3) is 0.600. The highest BCUT2D eigenvalue weighted by Crippen LogP contribution is 2.36. The highest BCUT2D eigenvalue weighted by molar-refractivity contribution is 5.46. The lowest BCUT2D eigenvalue weighted by molar-refractivity contribution is -0.385. The molecule has 0 saturated heterocycles. The highest BCUT2D eigenvalue weighted by atomic mass is 16.6. The largest absolute Gasteiger partial charge is 0.324 e. The van der Waals surface area contributed by atoms with Crippen LogP contribution in [0.2, 0.25) is 0 Å². The molecule has 1 fully saturated rings. The van der Waals surface area contributed by atoms with Crippen LogP contribution in [0.1, 0.15) is 54.8 Å². The lowest BCUT2D eigenvalue weighted by atomic mass is 9.80. The Morgan fingerprint density at radius 2 is 1.89 bits per heavy atom. The first-order valence-electron chi connectivity index (χ1n) is 7.02. The highest BCUT2D eigenvalue weighted by Gasteiger charge is 2.25. The molecule has 1 saturated carbocycles. The predicted octanol–water partition coefficient (Wildman–Crippen LogP) is 3.79. The second-order valence-corrected chi connectivity index (χ2v) is 5.66. The zero-order chi connectivity index (χ0) is 14.0. The third-order valence-corrected chi connectivity index (χ3v) is 4.42. The molecule has 4 nitrogen and oxygen atoms in total. The van der Waals surface area contributed by atoms with E-state index in [1.54, 1.807) is 12.1 Å². The number of rotatable bonds is 3. The van der Waals surface area contributed by atoms with Crippen LogP contribution in [0.5, 0.6) is 0 Å². The lowest BCUT2D eigenvalue weighted by Gasteiger charge is -2.29. The zero-order valence-electron chi connectivity index (χ0n) is 11.7. The first-order valence-corrected chi connectivity index (χ1v) is 7.02. The molecule has 1 unspecified atom stereocenters. The Bertz CT molecular complexity index is 479. The third-order valence-electron chi connectivity index (χ3n) is 4.42. The molecule has 19 heavy (non-hydrogen) atoms. The second-order valence-electron chi connectivity index (χ2n) is 5.66. The summed E-state index contributed by atoms with van der Waals surface area (Å²) in [5, 5.41) is 11.0. The van der Waals surface area contributed by atoms with Crippen molar-refractivity contribution in [2.45, 2.75) is 52.0 Å². The van der Waals surface area contributed by atoms with Gasteiger partial charge in [-0.3, -0.25) is 10.1 Å². The summed E-state index contributed by atoms with van der Waals surface area (Å²) in [6.45, 7) is 3.93. The second kappa shape index (κ2) is 5.70. The number of nitrogens with two attached hydrogens (primary N) is 1. The molecule has 2 rings (SSSR count). The van der Waals surface area contributed by atoms with Crippen LogP contribution >= 0.6 is 0 Å². The number of hydrogen-bond acceptors (Lipinski definition) is 3. The summed E-state index contributed by atoms with van der Waals surface area (Å²) in [4.78, 5) is 10.7. The van der Waals surface area contributed by atoms with Crippen molar-refractivity contribution in [3.63, 3.8) is 0 Å². The van der Waals surface area contributed by atoms with Gasteiger partial charge in [-0.2, -0.15) is 0 Å². The summed E-state index contributed by atoms with van der Waals surface area (Å²) in [5.74, 6) is 0.467. The molecule has 1 aliphatic rings. The summed E-state index contributed by atoms with van der Waals surface area (Å²) in [7, 11) is 0. The average molecular weight is 262 g/mol. The minimum absolute atomic E-state index is 0.0705. The van der Waals surface area contributed by atoms with Crippen LogP contribution in [-0.2, 0) is 0 Å². The van der Waals surface area contributed by atoms with E-state index in [4.69, 9.17) is 5.73 Å². The average Bonchev–Trinajstić information content (AvgIpc) is 2.41. The lowest BCUT2D eigenvalue weighted by Crippen LogP contribution is -2.24. The van der Waals surface area contributed by atoms with Gasteiger partial charge in [-0.05, 0) is 49.3 Å². The Balaban J connectivity index is 2.34. The van der Waals surface area contributed by atoms with E-state index in [1.807, 2.05) is 13.8 Å². The standard InChI is InChI=1S/C15H22N2O2/c1-10-8-13(17(18)19)9-14(11(10)2)15(16)12-6-4-3-5-7-12/h8-9,12,15H,3-7,16H2,1-2H3. The summed E-state index contributed by atoms with van der Waals surface area (Å²) in [5.41, 5.74) is 9.55. The van der Waals surface area contributed by atoms with Gasteiger partial charge in [-0.1, -0.05) is 19.3 Å². The fourth-order valence-electron chi connectivity index (χ4n) is 3.07. The van der Waals surface area contributed by atoms with Crippen molar-refractivity contribution in [3.05, 3.63) is 38.9 Å². The molecule has 4 heteroatoms. The molecule has 0 bridgehead atoms. The molecule has 1 aliphatic carbocycles. The number of non-ortho nitro benzene ring substituents is 1. The zero-order valence-corrected chi connectivity index (χ0v) is 11.7. The van der Waals surface area contributed by atoms with Gasteiger partial charge in [0.25, 0.3) is 5.69 Å². The van der Waals surface area contributed by atoms with Crippen molar-refractivity contribution in [2.75, 3.05) is 0 Å². The summed E-state index contributed by atoms with van der Waals surface area (Å²) < 4.78 is 0. The van der Waals surface area contributed by atoms with Gasteiger partial charge in [0.1, 0.15) is 0 Å². The maximum Gasteiger partial charge on any atom is 0.270 e. The Morgan fingerprint density at radius 3 is 2.47 bits per heavy atom. The molecule has 0 spiro atoms. The molecular weight excluding hydrogens is 240 g/mol. The van der Waals surface area contributed by atoms with Gasteiger partial charge in [0, 0.05) is 18.2 Å². The number of hydrogen-bond donors (Lipinski definition) is 1. The normalized spacial score (nSPS) is 18.3. The van der Waals surface area contributed by atoms with Crippen LogP contribution in [0, 0.1) is 29.9 Å². The van der Waals surface area contributed by atoms with Crippen LogP contribution in [0.3, 0.4) is 0 Å². The van der Waals surface area contributed by atoms with Crippen molar-refractivity contribution in [3.8, 4) is 0 Å². The van der Waals surface area contributed by atoms with Crippen LogP contribution in [-0.4, -0.2) is 4.92 Å². The molecule has 1 aromatic rings. The van der Waals surface area contributed by atoms with E-state index >= 15 is 0 Å². The molecule has 0 radical (unpaired) electrons. The monoisotopic (exact) mass is 262 g/mol. The molecule has 0 aromatic heterocycles. The Labute approximate surface area is 114 Å². The molecule has 2 N–H and O–H groups in total. The SMILES string of the molecule is Cc1cc([N+](=O)[O-])cc(C(N)C2CCCCC2)c1C. The minimum atomic E-state index is -0.330. The number of benzene rings is 1. The van der Waals surface area contributed by atoms with Crippen molar-refractivity contribution in [1.82, 2.24) is 0 Å². The predicted molar refractivity (Wildman–Crippen MR) is 76.1 cm³/mol. The van der Waals surface area contributed by atoms with Gasteiger partial charge in [-0.25, -0.2) is 0 Å². The molecule has 0 aliphatic heterocycles. The van der Waals surface area contributed by atoms with E-state index in [1.165, 1.54) is 19.3 Å². The number of nitrogens with zero attached hydrogens (tertiary/aromatic N) is 1. The molecule has 0 amide bonds. The molecule has 1 aromatic carbocycles. The van der Waals surface area contributed by atoms with Gasteiger partial charge in [0.05, 0.1) is 4.92 Å². The van der Waals surface area contributed by atoms with Gasteiger partial charge >= 0.3 is 0 Å². The fourth-order valence-corrected chi connectivity index (χ4v) is 3.07. The van der Waals surface area contributed by atoms with Gasteiger partial charge < -0.3 is 5.73 Å². The first kappa shape index (κ1) is 14.0. The number of nitro groups is 1. The van der Waals surface area contributed by atoms with Crippen molar-refractivity contribution in [2.24, 2.45) is 11.7 Å². The minimum Gasteiger partial charge on any atom is -0.324 e. The Hall–Kier alpha value is -1.42. The Kier molecular flexibility index (Phi) is 4.20. The quantitative estimate of drug-likeness (QED) is 0.665. The van der Waals surface area contributed by atoms with Crippen LogP contribution in [0.4, 0.5) is 5.69 Å². The van der Waals surface area contributed by atoms with Gasteiger partial charge in [0.15, 0.2) is 0 Å². The van der Waals surface area contributed by atoms with Crippen molar-refractivity contribution < 1.29 is 4.92 Å². The third kappa shape index (κ3) is 2.95. The molecule has 1 atom stereocenters. The van der Waals surface area contributed by atoms with Crippen LogP contribution < -0.4 is 5.73 Å². The first-order chi connectivity index (χ1) is 9.00. The molecule has 104 valence electrons. The molecule has 0 heterocycles. The number of aryl methyl sites for hydroxylation is 1. The molecular formula is C15H22N2O2. The van der Waals surface area contributed by atoms with E-state index in [9.17, 15) is 10.1 Å². The van der Waals surface area contributed by atoms with Gasteiger partial charge in [-0.15, -0.1) is 0 Å². The van der Waals surface area contributed by atoms with Crippen LogP contribution in [0.15, 0.2) is 12.1 Å². The maximum atomic E-state index is 11.0. The number of nitro benzene ring substituents is 1. The topological polar surface area (TPSA) is 69.2 Å². The van der Waals surface area contributed by atoms with Crippen molar-refractivity contribution >= 4 is 5.69 Å². The summed E-state index contributed by atoms with van der Waals surface area (Å²) in [6, 6.07) is 3.23. The summed E-state index contributed by atoms with van der Waals surface area (Å²) >= 11 is 0. The Morgan fingerprint density at radius 1 is 1.26 bits per heavy atom. The van der Waals surface area contributed by atoms with Crippen molar-refractivity contribution in [1.29, 1.82) is 0 Å². The van der Waals surface area contributed by atoms with Gasteiger partial charge in [0.2, 0.25) is 0 Å². The van der Waals surface area contributed by atoms with E-state index in [-0.39, 0.29) is 16.7 Å². The maximum absolute atomic E-state index is 11.0. The van der Waals surface area contributed by atoms with E-state index < -0.39 is 0 Å². The van der Waals surface area contributed by atoms with E-state index in [0.29, 0.717) is 5.92 Å². The smallest absolute Gasteiger partial charge is 0.270 e. The van der Waals surface area contributed by atoms with E-state index in [0.717, 1.165) is 29.5 Å². The summed E-state index contributed by atoms with van der Waals surface area (Å²) in [6.07, 6.45) is 6.03. The van der Waals surface area contributed by atoms with E-state index in [2.05, 4.69) is 0 Å².